The minimum atomic E-state index is -0.762. The predicted octanol–water partition coefficient (Wildman–Crippen LogP) is 3.90. The molecule has 1 aliphatic rings. The number of hydrogen-bond donors (Lipinski definition) is 0. The largest absolute Gasteiger partial charge is 0.449 e. The molecule has 0 saturated carbocycles. The van der Waals surface area contributed by atoms with Crippen molar-refractivity contribution in [2.75, 3.05) is 13.1 Å². The van der Waals surface area contributed by atoms with Gasteiger partial charge in [-0.25, -0.2) is 4.79 Å². The summed E-state index contributed by atoms with van der Waals surface area (Å²) in [5.41, 5.74) is 0.494. The Morgan fingerprint density at radius 3 is 2.50 bits per heavy atom. The Hall–Kier alpha value is -1.92. The van der Waals surface area contributed by atoms with E-state index in [0.717, 1.165) is 35.7 Å². The van der Waals surface area contributed by atoms with E-state index in [9.17, 15) is 9.59 Å². The zero-order valence-electron chi connectivity index (χ0n) is 13.4. The van der Waals surface area contributed by atoms with Crippen molar-refractivity contribution in [3.8, 4) is 0 Å². The summed E-state index contributed by atoms with van der Waals surface area (Å²) in [6.45, 7) is 3.16. The quantitative estimate of drug-likeness (QED) is 0.599. The van der Waals surface area contributed by atoms with Gasteiger partial charge in [-0.05, 0) is 48.7 Å². The van der Waals surface area contributed by atoms with Gasteiger partial charge in [0.15, 0.2) is 6.10 Å². The third-order valence-corrected chi connectivity index (χ3v) is 5.61. The third-order valence-electron chi connectivity index (χ3n) is 3.89. The monoisotopic (exact) mass is 361 g/mol. The summed E-state index contributed by atoms with van der Waals surface area (Å²) >= 11 is 3.04. The molecular weight excluding hydrogens is 342 g/mol. The molecule has 0 spiro atoms. The van der Waals surface area contributed by atoms with Gasteiger partial charge in [0.25, 0.3) is 5.91 Å². The number of esters is 1. The number of carbonyl (C=O) groups is 2. The van der Waals surface area contributed by atoms with Gasteiger partial charge in [0.05, 0.1) is 5.57 Å². The molecule has 3 heterocycles. The molecule has 1 aliphatic heterocycles. The minimum Gasteiger partial charge on any atom is -0.449 e. The fraction of sp³-hybridized carbons (Fsp3) is 0.333. The van der Waals surface area contributed by atoms with Crippen LogP contribution in [0.25, 0.3) is 11.6 Å². The second-order valence-electron chi connectivity index (χ2n) is 5.63. The molecule has 1 atom stereocenters. The molecule has 1 saturated heterocycles. The third kappa shape index (κ3) is 3.94. The molecule has 4 nitrogen and oxygen atoms in total. The van der Waals surface area contributed by atoms with Crippen LogP contribution in [0.5, 0.6) is 0 Å². The van der Waals surface area contributed by atoms with E-state index in [0.29, 0.717) is 5.57 Å². The number of carbonyl (C=O) groups excluding carboxylic acids is 2. The van der Waals surface area contributed by atoms with Crippen LogP contribution in [-0.2, 0) is 14.3 Å². The molecule has 0 aromatic carbocycles. The average molecular weight is 361 g/mol. The Bertz CT molecular complexity index is 714. The van der Waals surface area contributed by atoms with Gasteiger partial charge in [-0.2, -0.15) is 0 Å². The summed E-state index contributed by atoms with van der Waals surface area (Å²) in [7, 11) is 0. The number of hydrogen-bond acceptors (Lipinski definition) is 5. The first-order valence-corrected chi connectivity index (χ1v) is 9.70. The molecular formula is C18H19NO3S2. The second-order valence-corrected chi connectivity index (χ2v) is 7.56. The molecule has 0 radical (unpaired) electrons. The first kappa shape index (κ1) is 16.9. The zero-order valence-corrected chi connectivity index (χ0v) is 15.1. The Labute approximate surface area is 149 Å². The lowest BCUT2D eigenvalue weighted by Crippen LogP contribution is -2.38. The summed E-state index contributed by atoms with van der Waals surface area (Å²) in [6, 6.07) is 7.67. The summed E-state index contributed by atoms with van der Waals surface area (Å²) in [5, 5.41) is 3.88. The van der Waals surface area contributed by atoms with Crippen molar-refractivity contribution >= 4 is 46.2 Å². The molecule has 0 N–H and O–H groups in total. The van der Waals surface area contributed by atoms with Crippen LogP contribution in [0, 0.1) is 0 Å². The number of ether oxygens (including phenoxy) is 1. The van der Waals surface area contributed by atoms with E-state index in [-0.39, 0.29) is 5.91 Å². The molecule has 24 heavy (non-hydrogen) atoms. The van der Waals surface area contributed by atoms with Gasteiger partial charge in [0, 0.05) is 22.8 Å². The molecule has 2 aromatic rings. The van der Waals surface area contributed by atoms with Crippen molar-refractivity contribution in [2.45, 2.75) is 25.9 Å². The SMILES string of the molecule is C[C@@H](OC(=O)/C(=C/c1cccs1)c1cccs1)C(=O)N1CCCC1. The van der Waals surface area contributed by atoms with Gasteiger partial charge in [-0.3, -0.25) is 4.79 Å². The Morgan fingerprint density at radius 2 is 1.88 bits per heavy atom. The van der Waals surface area contributed by atoms with E-state index in [1.807, 2.05) is 41.1 Å². The smallest absolute Gasteiger partial charge is 0.340 e. The normalized spacial score (nSPS) is 16.2. The van der Waals surface area contributed by atoms with E-state index in [2.05, 4.69) is 0 Å². The fourth-order valence-corrected chi connectivity index (χ4v) is 4.03. The van der Waals surface area contributed by atoms with E-state index in [1.165, 1.54) is 11.3 Å². The molecule has 126 valence electrons. The van der Waals surface area contributed by atoms with Gasteiger partial charge >= 0.3 is 5.97 Å². The van der Waals surface area contributed by atoms with Crippen LogP contribution < -0.4 is 0 Å². The number of thiophene rings is 2. The molecule has 2 aromatic heterocycles. The van der Waals surface area contributed by atoms with Gasteiger partial charge in [0.2, 0.25) is 0 Å². The van der Waals surface area contributed by atoms with Crippen LogP contribution in [0.4, 0.5) is 0 Å². The van der Waals surface area contributed by atoms with Crippen molar-refractivity contribution in [1.82, 2.24) is 4.90 Å². The van der Waals surface area contributed by atoms with E-state index in [1.54, 1.807) is 23.2 Å². The summed E-state index contributed by atoms with van der Waals surface area (Å²) < 4.78 is 5.47. The molecule has 0 unspecified atom stereocenters. The molecule has 1 amide bonds. The minimum absolute atomic E-state index is 0.109. The number of nitrogens with zero attached hydrogens (tertiary/aromatic N) is 1. The van der Waals surface area contributed by atoms with Crippen LogP contribution in [0.2, 0.25) is 0 Å². The highest BCUT2D eigenvalue weighted by Crippen LogP contribution is 2.26. The Balaban J connectivity index is 1.75. The van der Waals surface area contributed by atoms with Crippen LogP contribution in [-0.4, -0.2) is 36.0 Å². The molecule has 1 fully saturated rings. The molecule has 3 rings (SSSR count). The highest BCUT2D eigenvalue weighted by atomic mass is 32.1. The lowest BCUT2D eigenvalue weighted by molar-refractivity contribution is -0.153. The van der Waals surface area contributed by atoms with Crippen LogP contribution in [0.3, 0.4) is 0 Å². The Kier molecular flexibility index (Phi) is 5.48. The van der Waals surface area contributed by atoms with Crippen LogP contribution in [0.15, 0.2) is 35.0 Å². The maximum atomic E-state index is 12.6. The number of likely N-dealkylation sites (tertiary alicyclic amines) is 1. The highest BCUT2D eigenvalue weighted by Gasteiger charge is 2.27. The second kappa shape index (κ2) is 7.77. The van der Waals surface area contributed by atoms with Gasteiger partial charge in [-0.15, -0.1) is 22.7 Å². The lowest BCUT2D eigenvalue weighted by atomic mass is 10.2. The standard InChI is InChI=1S/C18H19NO3S2/c1-13(17(20)19-8-2-3-9-19)22-18(21)15(16-7-5-11-24-16)12-14-6-4-10-23-14/h4-7,10-13H,2-3,8-9H2,1H3/b15-12+/t13-/m1/s1. The van der Waals surface area contributed by atoms with Gasteiger partial charge in [0.1, 0.15) is 0 Å². The predicted molar refractivity (Wildman–Crippen MR) is 97.9 cm³/mol. The summed E-state index contributed by atoms with van der Waals surface area (Å²) in [5.74, 6) is -0.562. The van der Waals surface area contributed by atoms with Crippen molar-refractivity contribution in [2.24, 2.45) is 0 Å². The number of rotatable bonds is 5. The topological polar surface area (TPSA) is 46.6 Å². The van der Waals surface area contributed by atoms with Crippen LogP contribution in [0.1, 0.15) is 29.5 Å². The number of amides is 1. The van der Waals surface area contributed by atoms with E-state index < -0.39 is 12.1 Å². The fourth-order valence-electron chi connectivity index (χ4n) is 2.65. The van der Waals surface area contributed by atoms with Crippen molar-refractivity contribution in [1.29, 1.82) is 0 Å². The first-order valence-electron chi connectivity index (χ1n) is 7.94. The zero-order chi connectivity index (χ0) is 16.9. The maximum absolute atomic E-state index is 12.6. The molecule has 0 aliphatic carbocycles. The summed E-state index contributed by atoms with van der Waals surface area (Å²) in [6.07, 6.45) is 3.10. The highest BCUT2D eigenvalue weighted by molar-refractivity contribution is 7.12. The summed E-state index contributed by atoms with van der Waals surface area (Å²) in [4.78, 5) is 28.6. The maximum Gasteiger partial charge on any atom is 0.340 e. The van der Waals surface area contributed by atoms with Gasteiger partial charge < -0.3 is 9.64 Å². The Morgan fingerprint density at radius 1 is 1.17 bits per heavy atom. The van der Waals surface area contributed by atoms with E-state index >= 15 is 0 Å². The average Bonchev–Trinajstić information content (AvgIpc) is 3.34. The van der Waals surface area contributed by atoms with Crippen molar-refractivity contribution in [3.05, 3.63) is 44.8 Å². The van der Waals surface area contributed by atoms with E-state index in [4.69, 9.17) is 4.74 Å². The lowest BCUT2D eigenvalue weighted by Gasteiger charge is -2.20. The molecule has 6 heteroatoms. The first-order chi connectivity index (χ1) is 11.6. The van der Waals surface area contributed by atoms with Crippen molar-refractivity contribution < 1.29 is 14.3 Å². The van der Waals surface area contributed by atoms with Crippen molar-refractivity contribution in [3.63, 3.8) is 0 Å². The molecule has 0 bridgehead atoms. The van der Waals surface area contributed by atoms with Gasteiger partial charge in [-0.1, -0.05) is 12.1 Å². The van der Waals surface area contributed by atoms with Crippen LogP contribution >= 0.6 is 22.7 Å².